The molecular weight excluding hydrogens is 308 g/mol. The number of aryl methyl sites for hydroxylation is 2. The third kappa shape index (κ3) is 2.74. The van der Waals surface area contributed by atoms with Gasteiger partial charge in [0.15, 0.2) is 0 Å². The lowest BCUT2D eigenvalue weighted by atomic mass is 10.0. The zero-order valence-corrected chi connectivity index (χ0v) is 13.8. The number of amides is 1. The molecule has 2 aromatic heterocycles. The molecule has 3 aromatic rings. The molecule has 118 valence electrons. The maximum absolute atomic E-state index is 12.6. The van der Waals surface area contributed by atoms with Gasteiger partial charge in [-0.15, -0.1) is 11.3 Å². The molecule has 4 rings (SSSR count). The van der Waals surface area contributed by atoms with Crippen molar-refractivity contribution in [2.75, 3.05) is 7.05 Å². The number of hydrogen-bond acceptors (Lipinski definition) is 4. The lowest BCUT2D eigenvalue weighted by molar-refractivity contribution is 0.0785. The van der Waals surface area contributed by atoms with E-state index in [9.17, 15) is 4.79 Å². The number of aromatic amines is 1. The number of nitrogens with one attached hydrogen (secondary N) is 1. The second kappa shape index (κ2) is 5.77. The van der Waals surface area contributed by atoms with E-state index in [1.165, 1.54) is 23.4 Å². The summed E-state index contributed by atoms with van der Waals surface area (Å²) in [4.78, 5) is 27.7. The zero-order chi connectivity index (χ0) is 15.8. The average molecular weight is 326 g/mol. The molecule has 0 atom stereocenters. The van der Waals surface area contributed by atoms with Crippen LogP contribution in [0.5, 0.6) is 0 Å². The third-order valence-corrected chi connectivity index (χ3v) is 5.42. The van der Waals surface area contributed by atoms with Crippen molar-refractivity contribution in [2.24, 2.45) is 0 Å². The number of H-pyrrole nitrogens is 1. The Labute approximate surface area is 138 Å². The molecule has 1 aliphatic carbocycles. The molecule has 1 amide bonds. The van der Waals surface area contributed by atoms with E-state index in [0.29, 0.717) is 12.1 Å². The van der Waals surface area contributed by atoms with Gasteiger partial charge in [0.25, 0.3) is 5.91 Å². The Morgan fingerprint density at radius 3 is 3.09 bits per heavy atom. The van der Waals surface area contributed by atoms with Gasteiger partial charge in [0.1, 0.15) is 5.01 Å². The Kier molecular flexibility index (Phi) is 3.61. The highest BCUT2D eigenvalue weighted by molar-refractivity contribution is 7.11. The topological polar surface area (TPSA) is 61.9 Å². The molecule has 0 bridgehead atoms. The molecule has 5 nitrogen and oxygen atoms in total. The number of hydrogen-bond donors (Lipinski definition) is 1. The number of fused-ring (bicyclic) bond motifs is 2. The summed E-state index contributed by atoms with van der Waals surface area (Å²) in [6.45, 7) is 0.567. The Balaban J connectivity index is 1.52. The minimum atomic E-state index is 0.00896. The highest BCUT2D eigenvalue weighted by Crippen LogP contribution is 2.27. The van der Waals surface area contributed by atoms with Crippen molar-refractivity contribution < 1.29 is 4.79 Å². The summed E-state index contributed by atoms with van der Waals surface area (Å²) in [6, 6.07) is 5.55. The van der Waals surface area contributed by atoms with E-state index in [1.54, 1.807) is 22.6 Å². The Bertz CT molecular complexity index is 843. The largest absolute Gasteiger partial charge is 0.345 e. The molecule has 0 spiro atoms. The highest BCUT2D eigenvalue weighted by Gasteiger charge is 2.18. The van der Waals surface area contributed by atoms with E-state index in [2.05, 4.69) is 9.97 Å². The van der Waals surface area contributed by atoms with Gasteiger partial charge in [-0.25, -0.2) is 9.97 Å². The summed E-state index contributed by atoms with van der Waals surface area (Å²) in [5.41, 5.74) is 3.67. The molecule has 6 heteroatoms. The summed E-state index contributed by atoms with van der Waals surface area (Å²) in [5.74, 6) is 0.00896. The quantitative estimate of drug-likeness (QED) is 0.804. The van der Waals surface area contributed by atoms with Gasteiger partial charge >= 0.3 is 0 Å². The van der Waals surface area contributed by atoms with Crippen LogP contribution in [-0.4, -0.2) is 32.8 Å². The minimum absolute atomic E-state index is 0.00896. The number of rotatable bonds is 3. The molecule has 0 aliphatic heterocycles. The monoisotopic (exact) mass is 326 g/mol. The first-order chi connectivity index (χ1) is 11.2. The maximum Gasteiger partial charge on any atom is 0.254 e. The number of nitrogens with zero attached hydrogens (tertiary/aromatic N) is 3. The highest BCUT2D eigenvalue weighted by atomic mass is 32.1. The summed E-state index contributed by atoms with van der Waals surface area (Å²) in [5, 5.41) is 1.04. The van der Waals surface area contributed by atoms with Gasteiger partial charge in [0, 0.05) is 17.5 Å². The van der Waals surface area contributed by atoms with Crippen molar-refractivity contribution in [1.82, 2.24) is 19.9 Å². The predicted octanol–water partition coefficient (Wildman–Crippen LogP) is 3.17. The van der Waals surface area contributed by atoms with Gasteiger partial charge in [-0.1, -0.05) is 0 Å². The van der Waals surface area contributed by atoms with Crippen LogP contribution in [0.25, 0.3) is 11.0 Å². The van der Waals surface area contributed by atoms with Crippen molar-refractivity contribution in [1.29, 1.82) is 0 Å². The van der Waals surface area contributed by atoms with Crippen LogP contribution in [-0.2, 0) is 19.4 Å². The molecule has 1 N–H and O–H groups in total. The summed E-state index contributed by atoms with van der Waals surface area (Å²) < 4.78 is 0. The standard InChI is InChI=1S/C17H18N4OS/c1-21(9-16-20-13-4-2-3-5-15(13)23-16)17(22)11-6-7-12-14(8-11)19-10-18-12/h6-8,10H,2-5,9H2,1H3,(H,18,19). The molecule has 2 heterocycles. The van der Waals surface area contributed by atoms with Gasteiger partial charge < -0.3 is 9.88 Å². The lowest BCUT2D eigenvalue weighted by Gasteiger charge is -2.15. The third-order valence-electron chi connectivity index (χ3n) is 4.28. The Hall–Kier alpha value is -2.21. The van der Waals surface area contributed by atoms with Gasteiger partial charge in [-0.3, -0.25) is 4.79 Å². The van der Waals surface area contributed by atoms with E-state index in [1.807, 2.05) is 25.2 Å². The molecule has 23 heavy (non-hydrogen) atoms. The normalized spacial score (nSPS) is 14.0. The maximum atomic E-state index is 12.6. The van der Waals surface area contributed by atoms with Gasteiger partial charge in [-0.05, 0) is 43.9 Å². The van der Waals surface area contributed by atoms with Crippen LogP contribution in [0, 0.1) is 0 Å². The molecule has 0 saturated carbocycles. The van der Waals surface area contributed by atoms with E-state index in [4.69, 9.17) is 4.98 Å². The fourth-order valence-electron chi connectivity index (χ4n) is 3.04. The molecule has 0 saturated heterocycles. The van der Waals surface area contributed by atoms with Crippen molar-refractivity contribution in [3.63, 3.8) is 0 Å². The predicted molar refractivity (Wildman–Crippen MR) is 90.6 cm³/mol. The van der Waals surface area contributed by atoms with Crippen LogP contribution in [0.1, 0.15) is 38.8 Å². The van der Waals surface area contributed by atoms with Crippen LogP contribution >= 0.6 is 11.3 Å². The van der Waals surface area contributed by atoms with E-state index in [0.717, 1.165) is 28.9 Å². The second-order valence-corrected chi connectivity index (χ2v) is 7.15. The summed E-state index contributed by atoms with van der Waals surface area (Å²) in [6.07, 6.45) is 6.35. The molecule has 0 radical (unpaired) electrons. The molecule has 1 aliphatic rings. The van der Waals surface area contributed by atoms with E-state index < -0.39 is 0 Å². The van der Waals surface area contributed by atoms with Crippen LogP contribution < -0.4 is 0 Å². The molecular formula is C17H18N4OS. The zero-order valence-electron chi connectivity index (χ0n) is 13.0. The molecule has 1 aromatic carbocycles. The first-order valence-corrected chi connectivity index (χ1v) is 8.68. The SMILES string of the molecule is CN(Cc1nc2c(s1)CCCC2)C(=O)c1ccc2nc[nH]c2c1. The smallest absolute Gasteiger partial charge is 0.254 e. The van der Waals surface area contributed by atoms with Crippen LogP contribution in [0.2, 0.25) is 0 Å². The van der Waals surface area contributed by atoms with Crippen LogP contribution in [0.4, 0.5) is 0 Å². The Morgan fingerprint density at radius 2 is 2.22 bits per heavy atom. The number of benzene rings is 1. The van der Waals surface area contributed by atoms with Crippen molar-refractivity contribution in [3.05, 3.63) is 45.7 Å². The molecule has 0 fully saturated rings. The fraction of sp³-hybridized carbons (Fsp3) is 0.353. The number of thiazole rings is 1. The fourth-order valence-corrected chi connectivity index (χ4v) is 4.25. The van der Waals surface area contributed by atoms with Crippen LogP contribution in [0.3, 0.4) is 0 Å². The van der Waals surface area contributed by atoms with Crippen molar-refractivity contribution in [3.8, 4) is 0 Å². The first kappa shape index (κ1) is 14.4. The Morgan fingerprint density at radius 1 is 1.35 bits per heavy atom. The number of carbonyl (C=O) groups excluding carboxylic acids is 1. The number of carbonyl (C=O) groups is 1. The van der Waals surface area contributed by atoms with E-state index >= 15 is 0 Å². The lowest BCUT2D eigenvalue weighted by Crippen LogP contribution is -2.26. The van der Waals surface area contributed by atoms with Gasteiger partial charge in [0.2, 0.25) is 0 Å². The minimum Gasteiger partial charge on any atom is -0.345 e. The van der Waals surface area contributed by atoms with Crippen LogP contribution in [0.15, 0.2) is 24.5 Å². The van der Waals surface area contributed by atoms with Gasteiger partial charge in [0.05, 0.1) is 29.6 Å². The number of imidazole rings is 1. The first-order valence-electron chi connectivity index (χ1n) is 7.87. The summed E-state index contributed by atoms with van der Waals surface area (Å²) in [7, 11) is 1.83. The van der Waals surface area contributed by atoms with Crippen molar-refractivity contribution >= 4 is 28.3 Å². The molecule has 0 unspecified atom stereocenters. The second-order valence-electron chi connectivity index (χ2n) is 5.98. The van der Waals surface area contributed by atoms with Crippen molar-refractivity contribution in [2.45, 2.75) is 32.2 Å². The number of aromatic nitrogens is 3. The summed E-state index contributed by atoms with van der Waals surface area (Å²) >= 11 is 1.76. The van der Waals surface area contributed by atoms with E-state index in [-0.39, 0.29) is 5.91 Å². The average Bonchev–Trinajstić information content (AvgIpc) is 3.18. The van der Waals surface area contributed by atoms with Gasteiger partial charge in [-0.2, -0.15) is 0 Å².